The summed E-state index contributed by atoms with van der Waals surface area (Å²) >= 11 is 3.08. The molecule has 0 aliphatic heterocycles. The maximum Gasteiger partial charge on any atom is 0.264 e. The fraction of sp³-hybridized carbons (Fsp3) is 0.333. The van der Waals surface area contributed by atoms with Crippen LogP contribution in [-0.2, 0) is 17.9 Å². The first kappa shape index (κ1) is 22.2. The third-order valence-corrected chi connectivity index (χ3v) is 6.67. The largest absolute Gasteiger partial charge is 0.332 e. The SMILES string of the molecule is Cc1ccsc1CN(Cc1ccccc1)C(=O)CN(CC(C)C)C(=O)c1cccs1. The van der Waals surface area contributed by atoms with Gasteiger partial charge < -0.3 is 9.80 Å². The molecule has 3 aromatic rings. The number of carbonyl (C=O) groups excluding carboxylic acids is 2. The molecule has 0 spiro atoms. The van der Waals surface area contributed by atoms with Gasteiger partial charge in [0.1, 0.15) is 6.54 Å². The van der Waals surface area contributed by atoms with E-state index in [0.717, 1.165) is 5.56 Å². The summed E-state index contributed by atoms with van der Waals surface area (Å²) in [4.78, 5) is 31.8. The van der Waals surface area contributed by atoms with Gasteiger partial charge in [0, 0.05) is 18.0 Å². The van der Waals surface area contributed by atoms with Crippen LogP contribution in [0.4, 0.5) is 0 Å². The van der Waals surface area contributed by atoms with Gasteiger partial charge in [-0.25, -0.2) is 0 Å². The number of benzene rings is 1. The van der Waals surface area contributed by atoms with Crippen LogP contribution in [0.2, 0.25) is 0 Å². The van der Waals surface area contributed by atoms with Crippen LogP contribution in [0.15, 0.2) is 59.3 Å². The molecule has 4 nitrogen and oxygen atoms in total. The van der Waals surface area contributed by atoms with E-state index in [4.69, 9.17) is 0 Å². The van der Waals surface area contributed by atoms with Crippen LogP contribution >= 0.6 is 22.7 Å². The Bertz CT molecular complexity index is 949. The molecule has 0 bridgehead atoms. The molecular weight excluding hydrogens is 412 g/mol. The average molecular weight is 441 g/mol. The van der Waals surface area contributed by atoms with E-state index in [9.17, 15) is 9.59 Å². The monoisotopic (exact) mass is 440 g/mol. The van der Waals surface area contributed by atoms with Crippen LogP contribution < -0.4 is 0 Å². The van der Waals surface area contributed by atoms with Gasteiger partial charge in [-0.15, -0.1) is 22.7 Å². The van der Waals surface area contributed by atoms with Gasteiger partial charge >= 0.3 is 0 Å². The normalized spacial score (nSPS) is 10.9. The predicted octanol–water partition coefficient (Wildman–Crippen LogP) is 5.45. The smallest absolute Gasteiger partial charge is 0.264 e. The van der Waals surface area contributed by atoms with Gasteiger partial charge in [-0.2, -0.15) is 0 Å². The maximum atomic E-state index is 13.4. The van der Waals surface area contributed by atoms with E-state index >= 15 is 0 Å². The quantitative estimate of drug-likeness (QED) is 0.444. The maximum absolute atomic E-state index is 13.4. The highest BCUT2D eigenvalue weighted by atomic mass is 32.1. The lowest BCUT2D eigenvalue weighted by atomic mass is 10.2. The highest BCUT2D eigenvalue weighted by Gasteiger charge is 2.24. The minimum Gasteiger partial charge on any atom is -0.332 e. The molecule has 0 atom stereocenters. The summed E-state index contributed by atoms with van der Waals surface area (Å²) in [6.07, 6.45) is 0. The van der Waals surface area contributed by atoms with Gasteiger partial charge in [0.15, 0.2) is 0 Å². The molecule has 0 N–H and O–H groups in total. The van der Waals surface area contributed by atoms with Gasteiger partial charge in [-0.05, 0) is 46.9 Å². The van der Waals surface area contributed by atoms with Crippen molar-refractivity contribution < 1.29 is 9.59 Å². The van der Waals surface area contributed by atoms with Crippen molar-refractivity contribution >= 4 is 34.5 Å². The minimum atomic E-state index is -0.0704. The predicted molar refractivity (Wildman–Crippen MR) is 125 cm³/mol. The van der Waals surface area contributed by atoms with Crippen molar-refractivity contribution in [2.45, 2.75) is 33.9 Å². The Morgan fingerprint density at radius 3 is 2.27 bits per heavy atom. The number of nitrogens with zero attached hydrogens (tertiary/aromatic N) is 2. The first-order valence-corrected chi connectivity index (χ1v) is 11.9. The summed E-state index contributed by atoms with van der Waals surface area (Å²) in [5.74, 6) is 0.181. The van der Waals surface area contributed by atoms with Gasteiger partial charge in [-0.3, -0.25) is 9.59 Å². The lowest BCUT2D eigenvalue weighted by molar-refractivity contribution is -0.133. The summed E-state index contributed by atoms with van der Waals surface area (Å²) in [5.41, 5.74) is 2.28. The molecule has 158 valence electrons. The molecule has 0 saturated carbocycles. The molecule has 0 fully saturated rings. The van der Waals surface area contributed by atoms with Crippen LogP contribution in [0, 0.1) is 12.8 Å². The van der Waals surface area contributed by atoms with E-state index in [-0.39, 0.29) is 24.3 Å². The van der Waals surface area contributed by atoms with E-state index in [1.165, 1.54) is 21.8 Å². The zero-order valence-electron chi connectivity index (χ0n) is 17.7. The molecule has 0 aliphatic carbocycles. The third-order valence-electron chi connectivity index (χ3n) is 4.80. The zero-order chi connectivity index (χ0) is 21.5. The molecule has 30 heavy (non-hydrogen) atoms. The second-order valence-electron chi connectivity index (χ2n) is 7.82. The highest BCUT2D eigenvalue weighted by molar-refractivity contribution is 7.12. The molecule has 2 heterocycles. The molecule has 1 aromatic carbocycles. The van der Waals surface area contributed by atoms with Crippen molar-refractivity contribution in [3.05, 3.63) is 80.2 Å². The first-order chi connectivity index (χ1) is 14.4. The van der Waals surface area contributed by atoms with E-state index in [1.54, 1.807) is 16.2 Å². The molecule has 3 rings (SSSR count). The summed E-state index contributed by atoms with van der Waals surface area (Å²) in [5, 5.41) is 3.95. The van der Waals surface area contributed by atoms with Crippen molar-refractivity contribution in [3.8, 4) is 0 Å². The molecular formula is C24H28N2O2S2. The van der Waals surface area contributed by atoms with E-state index < -0.39 is 0 Å². The summed E-state index contributed by atoms with van der Waals surface area (Å²) < 4.78 is 0. The van der Waals surface area contributed by atoms with E-state index in [1.807, 2.05) is 52.7 Å². The second kappa shape index (κ2) is 10.5. The van der Waals surface area contributed by atoms with Gasteiger partial charge in [-0.1, -0.05) is 50.2 Å². The Labute approximate surface area is 186 Å². The second-order valence-corrected chi connectivity index (χ2v) is 9.77. The Hall–Kier alpha value is -2.44. The van der Waals surface area contributed by atoms with Crippen molar-refractivity contribution in [2.24, 2.45) is 5.92 Å². The van der Waals surface area contributed by atoms with Gasteiger partial charge in [0.2, 0.25) is 5.91 Å². The first-order valence-electron chi connectivity index (χ1n) is 10.1. The molecule has 0 radical (unpaired) electrons. The number of amides is 2. The summed E-state index contributed by atoms with van der Waals surface area (Å²) in [6, 6.07) is 15.8. The molecule has 6 heteroatoms. The van der Waals surface area contributed by atoms with E-state index in [2.05, 4.69) is 32.2 Å². The minimum absolute atomic E-state index is 0.0304. The third kappa shape index (κ3) is 6.03. The molecule has 0 aliphatic rings. The van der Waals surface area contributed by atoms with Gasteiger partial charge in [0.25, 0.3) is 5.91 Å². The number of rotatable bonds is 9. The highest BCUT2D eigenvalue weighted by Crippen LogP contribution is 2.20. The molecule has 0 unspecified atom stereocenters. The lowest BCUT2D eigenvalue weighted by Gasteiger charge is -2.28. The van der Waals surface area contributed by atoms with Crippen LogP contribution in [0.1, 0.15) is 39.5 Å². The Kier molecular flexibility index (Phi) is 7.82. The molecule has 0 saturated heterocycles. The van der Waals surface area contributed by atoms with Crippen LogP contribution in [0.3, 0.4) is 0 Å². The van der Waals surface area contributed by atoms with Crippen molar-refractivity contribution in [3.63, 3.8) is 0 Å². The Morgan fingerprint density at radius 2 is 1.67 bits per heavy atom. The Balaban J connectivity index is 1.80. The lowest BCUT2D eigenvalue weighted by Crippen LogP contribution is -2.43. The average Bonchev–Trinajstić information content (AvgIpc) is 3.39. The number of carbonyl (C=O) groups is 2. The van der Waals surface area contributed by atoms with Crippen LogP contribution in [0.5, 0.6) is 0 Å². The standard InChI is InChI=1S/C24H28N2O2S2/c1-18(2)14-26(24(28)21-10-7-12-29-21)17-23(27)25(15-20-8-5-4-6-9-20)16-22-19(3)11-13-30-22/h4-13,18H,14-17H2,1-3H3. The fourth-order valence-corrected chi connectivity index (χ4v) is 4.87. The number of hydrogen-bond donors (Lipinski definition) is 0. The molecule has 2 amide bonds. The Morgan fingerprint density at radius 1 is 0.900 bits per heavy atom. The zero-order valence-corrected chi connectivity index (χ0v) is 19.3. The number of thiophene rings is 2. The van der Waals surface area contributed by atoms with Crippen LogP contribution in [-0.4, -0.2) is 34.7 Å². The van der Waals surface area contributed by atoms with E-state index in [0.29, 0.717) is 24.5 Å². The number of hydrogen-bond acceptors (Lipinski definition) is 4. The fourth-order valence-electron chi connectivity index (χ4n) is 3.25. The van der Waals surface area contributed by atoms with Crippen molar-refractivity contribution in [1.29, 1.82) is 0 Å². The van der Waals surface area contributed by atoms with Crippen molar-refractivity contribution in [2.75, 3.05) is 13.1 Å². The molecule has 2 aromatic heterocycles. The van der Waals surface area contributed by atoms with Gasteiger partial charge in [0.05, 0.1) is 11.4 Å². The van der Waals surface area contributed by atoms with Crippen molar-refractivity contribution in [1.82, 2.24) is 9.80 Å². The number of aryl methyl sites for hydroxylation is 1. The summed E-state index contributed by atoms with van der Waals surface area (Å²) in [7, 11) is 0. The summed E-state index contributed by atoms with van der Waals surface area (Å²) in [6.45, 7) is 7.93. The van der Waals surface area contributed by atoms with Crippen LogP contribution in [0.25, 0.3) is 0 Å². The topological polar surface area (TPSA) is 40.6 Å².